The minimum Gasteiger partial charge on any atom is -0.271 e. The van der Waals surface area contributed by atoms with Gasteiger partial charge in [0.2, 0.25) is 0 Å². The molecular formula is C14H12BrCl2FN2. The molecule has 20 heavy (non-hydrogen) atoms. The molecule has 0 aliphatic heterocycles. The van der Waals surface area contributed by atoms with Crippen molar-refractivity contribution in [1.29, 1.82) is 0 Å². The molecule has 2 aromatic rings. The van der Waals surface area contributed by atoms with Crippen LogP contribution in [0.4, 0.5) is 4.39 Å². The summed E-state index contributed by atoms with van der Waals surface area (Å²) in [6.07, 6.45) is 0.525. The molecule has 0 aromatic heterocycles. The normalized spacial score (nSPS) is 12.4. The Morgan fingerprint density at radius 3 is 2.55 bits per heavy atom. The van der Waals surface area contributed by atoms with Gasteiger partial charge in [-0.15, -0.1) is 0 Å². The van der Waals surface area contributed by atoms with Crippen molar-refractivity contribution in [2.75, 3.05) is 0 Å². The van der Waals surface area contributed by atoms with E-state index in [0.717, 1.165) is 15.6 Å². The molecule has 0 spiro atoms. The zero-order valence-electron chi connectivity index (χ0n) is 10.3. The van der Waals surface area contributed by atoms with E-state index in [-0.39, 0.29) is 11.1 Å². The quantitative estimate of drug-likeness (QED) is 0.601. The molecule has 0 fully saturated rings. The average molecular weight is 378 g/mol. The second kappa shape index (κ2) is 6.87. The maximum atomic E-state index is 13.5. The number of hydrazine groups is 1. The number of hydrogen-bond donors (Lipinski definition) is 2. The summed E-state index contributed by atoms with van der Waals surface area (Å²) in [7, 11) is 0. The summed E-state index contributed by atoms with van der Waals surface area (Å²) in [5, 5.41) is 0.716. The third kappa shape index (κ3) is 3.93. The number of rotatable bonds is 4. The van der Waals surface area contributed by atoms with Gasteiger partial charge < -0.3 is 0 Å². The van der Waals surface area contributed by atoms with Crippen molar-refractivity contribution in [3.63, 3.8) is 0 Å². The van der Waals surface area contributed by atoms with Crippen molar-refractivity contribution in [2.24, 2.45) is 5.84 Å². The summed E-state index contributed by atoms with van der Waals surface area (Å²) in [4.78, 5) is 0. The van der Waals surface area contributed by atoms with Crippen LogP contribution in [0.2, 0.25) is 10.0 Å². The molecule has 0 radical (unpaired) electrons. The molecule has 0 aliphatic rings. The summed E-state index contributed by atoms with van der Waals surface area (Å²) in [6.45, 7) is 0. The smallest absolute Gasteiger partial charge is 0.142 e. The fraction of sp³-hybridized carbons (Fsp3) is 0.143. The predicted molar refractivity (Wildman–Crippen MR) is 84.3 cm³/mol. The van der Waals surface area contributed by atoms with Crippen LogP contribution in [0.1, 0.15) is 17.2 Å². The van der Waals surface area contributed by atoms with Crippen LogP contribution in [0.25, 0.3) is 0 Å². The molecule has 1 atom stereocenters. The number of hydrogen-bond acceptors (Lipinski definition) is 2. The Labute approximate surface area is 135 Å². The maximum absolute atomic E-state index is 13.5. The zero-order chi connectivity index (χ0) is 14.7. The largest absolute Gasteiger partial charge is 0.271 e. The van der Waals surface area contributed by atoms with E-state index in [1.807, 2.05) is 12.1 Å². The Balaban J connectivity index is 2.26. The van der Waals surface area contributed by atoms with Crippen LogP contribution in [0.3, 0.4) is 0 Å². The van der Waals surface area contributed by atoms with E-state index in [1.165, 1.54) is 12.1 Å². The second-order valence-corrected chi connectivity index (χ2v) is 6.13. The molecule has 0 amide bonds. The minimum atomic E-state index is -0.438. The van der Waals surface area contributed by atoms with Crippen molar-refractivity contribution < 1.29 is 4.39 Å². The summed E-state index contributed by atoms with van der Waals surface area (Å²) in [6, 6.07) is 10.1. The van der Waals surface area contributed by atoms with Crippen LogP contribution in [0, 0.1) is 5.82 Å². The van der Waals surface area contributed by atoms with Crippen LogP contribution < -0.4 is 11.3 Å². The van der Waals surface area contributed by atoms with E-state index in [2.05, 4.69) is 21.4 Å². The number of halogens is 4. The van der Waals surface area contributed by atoms with E-state index in [4.69, 9.17) is 29.0 Å². The van der Waals surface area contributed by atoms with Crippen molar-refractivity contribution in [3.05, 3.63) is 67.9 Å². The van der Waals surface area contributed by atoms with E-state index in [0.29, 0.717) is 11.4 Å². The highest BCUT2D eigenvalue weighted by Crippen LogP contribution is 2.26. The van der Waals surface area contributed by atoms with Gasteiger partial charge in [0.1, 0.15) is 5.82 Å². The molecule has 0 heterocycles. The first-order chi connectivity index (χ1) is 9.49. The lowest BCUT2D eigenvalue weighted by atomic mass is 9.99. The molecule has 3 N–H and O–H groups in total. The lowest BCUT2D eigenvalue weighted by Gasteiger charge is -2.17. The van der Waals surface area contributed by atoms with Crippen LogP contribution in [0.15, 0.2) is 40.9 Å². The standard InChI is InChI=1S/C14H12BrCl2FN2/c15-10-5-9(6-11(16)7-10)14(20-19)4-8-1-2-12(17)13(18)3-8/h1-3,5-7,14,20H,4,19H2. The number of nitrogens with one attached hydrogen (secondary N) is 1. The van der Waals surface area contributed by atoms with Gasteiger partial charge in [-0.25, -0.2) is 4.39 Å². The summed E-state index contributed by atoms with van der Waals surface area (Å²) < 4.78 is 14.3. The van der Waals surface area contributed by atoms with Crippen molar-refractivity contribution >= 4 is 39.1 Å². The van der Waals surface area contributed by atoms with Gasteiger partial charge >= 0.3 is 0 Å². The molecular weight excluding hydrogens is 366 g/mol. The lowest BCUT2D eigenvalue weighted by molar-refractivity contribution is 0.548. The highest BCUT2D eigenvalue weighted by molar-refractivity contribution is 9.10. The van der Waals surface area contributed by atoms with Gasteiger partial charge in [-0.1, -0.05) is 45.2 Å². The Kier molecular flexibility index (Phi) is 5.41. The molecule has 0 bridgehead atoms. The molecule has 106 valence electrons. The Morgan fingerprint density at radius 1 is 1.20 bits per heavy atom. The zero-order valence-corrected chi connectivity index (χ0v) is 13.4. The monoisotopic (exact) mass is 376 g/mol. The van der Waals surface area contributed by atoms with Gasteiger partial charge in [-0.2, -0.15) is 0 Å². The highest BCUT2D eigenvalue weighted by atomic mass is 79.9. The van der Waals surface area contributed by atoms with E-state index < -0.39 is 5.82 Å². The first-order valence-corrected chi connectivity index (χ1v) is 7.40. The third-order valence-electron chi connectivity index (χ3n) is 2.91. The Morgan fingerprint density at radius 2 is 1.95 bits per heavy atom. The number of benzene rings is 2. The average Bonchev–Trinajstić information content (AvgIpc) is 2.38. The Bertz CT molecular complexity index is 602. The van der Waals surface area contributed by atoms with Crippen LogP contribution in [-0.4, -0.2) is 0 Å². The molecule has 2 aromatic carbocycles. The van der Waals surface area contributed by atoms with Gasteiger partial charge in [-0.05, 0) is 47.9 Å². The number of nitrogens with two attached hydrogens (primary N) is 1. The first-order valence-electron chi connectivity index (χ1n) is 5.85. The molecule has 2 rings (SSSR count). The summed E-state index contributed by atoms with van der Waals surface area (Å²) in [5.41, 5.74) is 4.44. The van der Waals surface area contributed by atoms with Gasteiger partial charge in [0, 0.05) is 9.50 Å². The fourth-order valence-electron chi connectivity index (χ4n) is 1.95. The van der Waals surface area contributed by atoms with Crippen LogP contribution >= 0.6 is 39.1 Å². The molecule has 0 saturated carbocycles. The van der Waals surface area contributed by atoms with Crippen LogP contribution in [-0.2, 0) is 6.42 Å². The predicted octanol–water partition coefficient (Wildman–Crippen LogP) is 4.64. The van der Waals surface area contributed by atoms with Gasteiger partial charge in [-0.3, -0.25) is 11.3 Å². The summed E-state index contributed by atoms with van der Waals surface area (Å²) in [5.74, 6) is 5.15. The molecule has 0 saturated heterocycles. The van der Waals surface area contributed by atoms with Crippen molar-refractivity contribution in [3.8, 4) is 0 Å². The second-order valence-electron chi connectivity index (χ2n) is 4.37. The fourth-order valence-corrected chi connectivity index (χ4v) is 2.96. The summed E-state index contributed by atoms with van der Waals surface area (Å²) >= 11 is 15.1. The first kappa shape index (κ1) is 15.7. The van der Waals surface area contributed by atoms with Gasteiger partial charge in [0.25, 0.3) is 0 Å². The molecule has 1 unspecified atom stereocenters. The van der Waals surface area contributed by atoms with E-state index in [1.54, 1.807) is 12.1 Å². The lowest BCUT2D eigenvalue weighted by Crippen LogP contribution is -2.29. The van der Waals surface area contributed by atoms with E-state index in [9.17, 15) is 4.39 Å². The molecule has 0 aliphatic carbocycles. The van der Waals surface area contributed by atoms with Gasteiger partial charge in [0.05, 0.1) is 11.1 Å². The van der Waals surface area contributed by atoms with E-state index >= 15 is 0 Å². The van der Waals surface area contributed by atoms with Crippen molar-refractivity contribution in [2.45, 2.75) is 12.5 Å². The maximum Gasteiger partial charge on any atom is 0.142 e. The van der Waals surface area contributed by atoms with Crippen molar-refractivity contribution in [1.82, 2.24) is 5.43 Å². The van der Waals surface area contributed by atoms with Crippen LogP contribution in [0.5, 0.6) is 0 Å². The highest BCUT2D eigenvalue weighted by Gasteiger charge is 2.13. The minimum absolute atomic E-state index is 0.108. The van der Waals surface area contributed by atoms with Gasteiger partial charge in [0.15, 0.2) is 0 Å². The molecule has 2 nitrogen and oxygen atoms in total. The topological polar surface area (TPSA) is 38.0 Å². The SMILES string of the molecule is NNC(Cc1ccc(Cl)c(F)c1)c1cc(Cl)cc(Br)c1. The molecule has 6 heteroatoms. The third-order valence-corrected chi connectivity index (χ3v) is 3.89. The Hall–Kier alpha value is -0.650.